The first-order valence-electron chi connectivity index (χ1n) is 6.86. The van der Waals surface area contributed by atoms with Crippen LogP contribution in [0.1, 0.15) is 29.6 Å². The summed E-state index contributed by atoms with van der Waals surface area (Å²) >= 11 is 0. The highest BCUT2D eigenvalue weighted by Crippen LogP contribution is 2.26. The van der Waals surface area contributed by atoms with Crippen molar-refractivity contribution in [2.75, 3.05) is 27.3 Å². The van der Waals surface area contributed by atoms with Gasteiger partial charge in [0.1, 0.15) is 0 Å². The van der Waals surface area contributed by atoms with Crippen LogP contribution in [0.5, 0.6) is 11.5 Å². The normalized spacial score (nSPS) is 18.6. The molecule has 1 aromatic carbocycles. The SMILES string of the molecule is COc1ccc(C(=O)N(C)CC2CCCCO2)cc1O. The van der Waals surface area contributed by atoms with Gasteiger partial charge in [0.25, 0.3) is 5.91 Å². The monoisotopic (exact) mass is 279 g/mol. The summed E-state index contributed by atoms with van der Waals surface area (Å²) in [5.74, 6) is 0.206. The van der Waals surface area contributed by atoms with Crippen molar-refractivity contribution in [3.8, 4) is 11.5 Å². The maximum Gasteiger partial charge on any atom is 0.253 e. The minimum Gasteiger partial charge on any atom is -0.504 e. The highest BCUT2D eigenvalue weighted by atomic mass is 16.5. The van der Waals surface area contributed by atoms with Crippen LogP contribution < -0.4 is 4.74 Å². The van der Waals surface area contributed by atoms with Gasteiger partial charge >= 0.3 is 0 Å². The van der Waals surface area contributed by atoms with Gasteiger partial charge in [0.2, 0.25) is 0 Å². The second kappa shape index (κ2) is 6.61. The minimum atomic E-state index is -0.128. The molecule has 20 heavy (non-hydrogen) atoms. The highest BCUT2D eigenvalue weighted by Gasteiger charge is 2.20. The predicted octanol–water partition coefficient (Wildman–Crippen LogP) is 2.04. The van der Waals surface area contributed by atoms with Gasteiger partial charge in [-0.05, 0) is 37.5 Å². The van der Waals surface area contributed by atoms with E-state index in [1.807, 2.05) is 0 Å². The fraction of sp³-hybridized carbons (Fsp3) is 0.533. The molecule has 0 radical (unpaired) electrons. The Morgan fingerprint density at radius 1 is 1.50 bits per heavy atom. The number of carbonyl (C=O) groups is 1. The molecule has 1 heterocycles. The second-order valence-electron chi connectivity index (χ2n) is 5.06. The summed E-state index contributed by atoms with van der Waals surface area (Å²) < 4.78 is 10.6. The van der Waals surface area contributed by atoms with Gasteiger partial charge in [-0.3, -0.25) is 4.79 Å². The number of phenols is 1. The Kier molecular flexibility index (Phi) is 4.84. The zero-order chi connectivity index (χ0) is 14.5. The van der Waals surface area contributed by atoms with Gasteiger partial charge in [-0.15, -0.1) is 0 Å². The molecule has 0 spiro atoms. The molecule has 1 fully saturated rings. The van der Waals surface area contributed by atoms with Crippen molar-refractivity contribution in [3.63, 3.8) is 0 Å². The Morgan fingerprint density at radius 2 is 2.30 bits per heavy atom. The Balaban J connectivity index is 2.00. The summed E-state index contributed by atoms with van der Waals surface area (Å²) in [4.78, 5) is 13.9. The molecular weight excluding hydrogens is 258 g/mol. The molecule has 1 aliphatic heterocycles. The Labute approximate surface area is 119 Å². The number of hydrogen-bond donors (Lipinski definition) is 1. The maximum atomic E-state index is 12.3. The van der Waals surface area contributed by atoms with Crippen LogP contribution in [0.3, 0.4) is 0 Å². The van der Waals surface area contributed by atoms with Crippen LogP contribution in [0.15, 0.2) is 18.2 Å². The van der Waals surface area contributed by atoms with E-state index >= 15 is 0 Å². The first kappa shape index (κ1) is 14.7. The lowest BCUT2D eigenvalue weighted by atomic mass is 10.1. The molecule has 2 rings (SSSR count). The van der Waals surface area contributed by atoms with Gasteiger partial charge < -0.3 is 19.5 Å². The Bertz CT molecular complexity index is 469. The number of rotatable bonds is 4. The lowest BCUT2D eigenvalue weighted by Gasteiger charge is -2.27. The molecule has 1 saturated heterocycles. The molecule has 5 nitrogen and oxygen atoms in total. The molecule has 1 aliphatic rings. The lowest BCUT2D eigenvalue weighted by Crippen LogP contribution is -2.37. The van der Waals surface area contributed by atoms with E-state index in [2.05, 4.69) is 0 Å². The summed E-state index contributed by atoms with van der Waals surface area (Å²) in [6.45, 7) is 1.35. The first-order valence-corrected chi connectivity index (χ1v) is 6.86. The minimum absolute atomic E-state index is 0.0272. The summed E-state index contributed by atoms with van der Waals surface area (Å²) in [5, 5.41) is 9.72. The number of aromatic hydroxyl groups is 1. The van der Waals surface area contributed by atoms with Crippen molar-refractivity contribution in [1.82, 2.24) is 4.90 Å². The number of phenolic OH excluding ortho intramolecular Hbond substituents is 1. The third-order valence-electron chi connectivity index (χ3n) is 3.52. The van der Waals surface area contributed by atoms with Crippen LogP contribution in [0.4, 0.5) is 0 Å². The van der Waals surface area contributed by atoms with E-state index in [9.17, 15) is 9.90 Å². The van der Waals surface area contributed by atoms with E-state index in [0.29, 0.717) is 17.9 Å². The van der Waals surface area contributed by atoms with Gasteiger partial charge in [0, 0.05) is 25.8 Å². The average Bonchev–Trinajstić information content (AvgIpc) is 2.47. The number of ether oxygens (including phenoxy) is 2. The van der Waals surface area contributed by atoms with E-state index < -0.39 is 0 Å². The van der Waals surface area contributed by atoms with E-state index in [1.54, 1.807) is 24.1 Å². The molecule has 5 heteroatoms. The van der Waals surface area contributed by atoms with E-state index in [0.717, 1.165) is 25.9 Å². The van der Waals surface area contributed by atoms with Crippen LogP contribution >= 0.6 is 0 Å². The van der Waals surface area contributed by atoms with Crippen molar-refractivity contribution >= 4 is 5.91 Å². The van der Waals surface area contributed by atoms with Gasteiger partial charge in [-0.25, -0.2) is 0 Å². The molecule has 110 valence electrons. The molecule has 0 aliphatic carbocycles. The van der Waals surface area contributed by atoms with E-state index in [1.165, 1.54) is 13.2 Å². The van der Waals surface area contributed by atoms with Crippen molar-refractivity contribution in [1.29, 1.82) is 0 Å². The number of amides is 1. The molecule has 1 amide bonds. The molecular formula is C15H21NO4. The summed E-state index contributed by atoms with van der Waals surface area (Å²) in [6.07, 6.45) is 3.35. The number of hydrogen-bond acceptors (Lipinski definition) is 4. The smallest absolute Gasteiger partial charge is 0.253 e. The zero-order valence-electron chi connectivity index (χ0n) is 12.0. The number of methoxy groups -OCH3 is 1. The van der Waals surface area contributed by atoms with Crippen molar-refractivity contribution in [3.05, 3.63) is 23.8 Å². The molecule has 1 aromatic rings. The Hall–Kier alpha value is -1.75. The van der Waals surface area contributed by atoms with Crippen molar-refractivity contribution < 1.29 is 19.4 Å². The van der Waals surface area contributed by atoms with Crippen LogP contribution in [-0.4, -0.2) is 49.3 Å². The van der Waals surface area contributed by atoms with Crippen LogP contribution in [0.25, 0.3) is 0 Å². The van der Waals surface area contributed by atoms with Gasteiger partial charge in [-0.2, -0.15) is 0 Å². The van der Waals surface area contributed by atoms with E-state index in [-0.39, 0.29) is 17.8 Å². The van der Waals surface area contributed by atoms with Gasteiger partial charge in [-0.1, -0.05) is 0 Å². The van der Waals surface area contributed by atoms with Crippen LogP contribution in [-0.2, 0) is 4.74 Å². The Morgan fingerprint density at radius 3 is 2.90 bits per heavy atom. The number of likely N-dealkylation sites (N-methyl/N-ethyl adjacent to an activating group) is 1. The highest BCUT2D eigenvalue weighted by molar-refractivity contribution is 5.94. The van der Waals surface area contributed by atoms with E-state index in [4.69, 9.17) is 9.47 Å². The molecule has 0 aromatic heterocycles. The fourth-order valence-electron chi connectivity index (χ4n) is 2.38. The quantitative estimate of drug-likeness (QED) is 0.916. The predicted molar refractivity (Wildman–Crippen MR) is 75.2 cm³/mol. The third-order valence-corrected chi connectivity index (χ3v) is 3.52. The molecule has 1 unspecified atom stereocenters. The fourth-order valence-corrected chi connectivity index (χ4v) is 2.38. The summed E-state index contributed by atoms with van der Waals surface area (Å²) in [7, 11) is 3.23. The van der Waals surface area contributed by atoms with Crippen molar-refractivity contribution in [2.24, 2.45) is 0 Å². The number of carbonyl (C=O) groups excluding carboxylic acids is 1. The third kappa shape index (κ3) is 3.42. The zero-order valence-corrected chi connectivity index (χ0v) is 12.0. The number of benzene rings is 1. The standard InChI is InChI=1S/C15H21NO4/c1-16(10-12-5-3-4-8-20-12)15(18)11-6-7-14(19-2)13(17)9-11/h6-7,9,12,17H,3-5,8,10H2,1-2H3. The molecule has 0 saturated carbocycles. The van der Waals surface area contributed by atoms with Gasteiger partial charge in [0.15, 0.2) is 11.5 Å². The lowest BCUT2D eigenvalue weighted by molar-refractivity contribution is -0.000192. The van der Waals surface area contributed by atoms with Crippen LogP contribution in [0.2, 0.25) is 0 Å². The first-order chi connectivity index (χ1) is 9.61. The molecule has 1 atom stereocenters. The second-order valence-corrected chi connectivity index (χ2v) is 5.06. The summed E-state index contributed by atoms with van der Waals surface area (Å²) in [5.41, 5.74) is 0.446. The topological polar surface area (TPSA) is 59.0 Å². The molecule has 1 N–H and O–H groups in total. The largest absolute Gasteiger partial charge is 0.504 e. The van der Waals surface area contributed by atoms with Crippen LogP contribution in [0, 0.1) is 0 Å². The number of nitrogens with zero attached hydrogens (tertiary/aromatic N) is 1. The maximum absolute atomic E-state index is 12.3. The molecule has 0 bridgehead atoms. The summed E-state index contributed by atoms with van der Waals surface area (Å²) in [6, 6.07) is 4.67. The average molecular weight is 279 g/mol. The van der Waals surface area contributed by atoms with Gasteiger partial charge in [0.05, 0.1) is 13.2 Å². The van der Waals surface area contributed by atoms with Crippen molar-refractivity contribution in [2.45, 2.75) is 25.4 Å².